The number of ether oxygens (including phenoxy) is 1. The maximum atomic E-state index is 6.03. The van der Waals surface area contributed by atoms with Gasteiger partial charge in [-0.2, -0.15) is 0 Å². The summed E-state index contributed by atoms with van der Waals surface area (Å²) in [6, 6.07) is 11.4. The monoisotopic (exact) mass is 258 g/mol. The van der Waals surface area contributed by atoms with Crippen LogP contribution in [0.1, 0.15) is 0 Å². The van der Waals surface area contributed by atoms with E-state index in [2.05, 4.69) is 4.98 Å². The summed E-state index contributed by atoms with van der Waals surface area (Å²) >= 11 is 6.03. The normalized spacial score (nSPS) is 10.8. The van der Waals surface area contributed by atoms with Gasteiger partial charge in [-0.3, -0.25) is 0 Å². The Morgan fingerprint density at radius 3 is 2.89 bits per heavy atom. The maximum Gasteiger partial charge on any atom is 0.137 e. The number of hydrogen-bond donors (Lipinski definition) is 0. The molecule has 0 fully saturated rings. The first-order valence-electron chi connectivity index (χ1n) is 5.55. The van der Waals surface area contributed by atoms with E-state index in [1.165, 1.54) is 0 Å². The highest BCUT2D eigenvalue weighted by molar-refractivity contribution is 6.30. The predicted octanol–water partition coefficient (Wildman–Crippen LogP) is 3.66. The van der Waals surface area contributed by atoms with Crippen LogP contribution in [0.3, 0.4) is 0 Å². The fourth-order valence-electron chi connectivity index (χ4n) is 1.94. The van der Waals surface area contributed by atoms with E-state index in [9.17, 15) is 0 Å². The zero-order valence-electron chi connectivity index (χ0n) is 9.80. The Bertz CT molecular complexity index is 673. The average Bonchev–Trinajstić information content (AvgIpc) is 2.82. The van der Waals surface area contributed by atoms with Gasteiger partial charge in [-0.15, -0.1) is 0 Å². The van der Waals surface area contributed by atoms with Crippen LogP contribution >= 0.6 is 11.6 Å². The van der Waals surface area contributed by atoms with Gasteiger partial charge in [0.2, 0.25) is 0 Å². The Morgan fingerprint density at radius 2 is 2.11 bits per heavy atom. The molecule has 0 saturated heterocycles. The van der Waals surface area contributed by atoms with Crippen LogP contribution in [0.15, 0.2) is 48.8 Å². The van der Waals surface area contributed by atoms with E-state index in [1.807, 2.05) is 47.1 Å². The average molecular weight is 259 g/mol. The lowest BCUT2D eigenvalue weighted by Crippen LogP contribution is -1.87. The zero-order valence-corrected chi connectivity index (χ0v) is 10.6. The second-order valence-corrected chi connectivity index (χ2v) is 4.37. The van der Waals surface area contributed by atoms with Crippen molar-refractivity contribution in [2.75, 3.05) is 7.11 Å². The second-order valence-electron chi connectivity index (χ2n) is 3.94. The van der Waals surface area contributed by atoms with Gasteiger partial charge in [0.15, 0.2) is 0 Å². The molecule has 0 atom stereocenters. The molecule has 0 aliphatic carbocycles. The molecular weight excluding hydrogens is 248 g/mol. The Balaban J connectivity index is 2.22. The second kappa shape index (κ2) is 4.35. The van der Waals surface area contributed by atoms with E-state index in [1.54, 1.807) is 13.2 Å². The van der Waals surface area contributed by atoms with Gasteiger partial charge >= 0.3 is 0 Å². The molecule has 18 heavy (non-hydrogen) atoms. The van der Waals surface area contributed by atoms with Crippen LogP contribution < -0.4 is 4.74 Å². The lowest BCUT2D eigenvalue weighted by molar-refractivity contribution is 0.416. The van der Waals surface area contributed by atoms with Crippen molar-refractivity contribution >= 4 is 17.2 Å². The SMILES string of the molecule is COc1ccc(Cl)cc1-c1cn2ccccc2n1. The molecule has 0 radical (unpaired) electrons. The lowest BCUT2D eigenvalue weighted by atomic mass is 10.1. The van der Waals surface area contributed by atoms with Crippen molar-refractivity contribution in [2.45, 2.75) is 0 Å². The number of methoxy groups -OCH3 is 1. The minimum absolute atomic E-state index is 0.669. The van der Waals surface area contributed by atoms with E-state index in [4.69, 9.17) is 16.3 Å². The Hall–Kier alpha value is -2.00. The Morgan fingerprint density at radius 1 is 1.22 bits per heavy atom. The molecule has 90 valence electrons. The van der Waals surface area contributed by atoms with Crippen molar-refractivity contribution in [2.24, 2.45) is 0 Å². The van der Waals surface area contributed by atoms with E-state index in [0.29, 0.717) is 5.02 Å². The summed E-state index contributed by atoms with van der Waals surface area (Å²) in [7, 11) is 1.64. The summed E-state index contributed by atoms with van der Waals surface area (Å²) < 4.78 is 7.31. The van der Waals surface area contributed by atoms with Crippen LogP contribution in [0.4, 0.5) is 0 Å². The summed E-state index contributed by atoms with van der Waals surface area (Å²) in [5.41, 5.74) is 2.64. The highest BCUT2D eigenvalue weighted by atomic mass is 35.5. The number of nitrogens with zero attached hydrogens (tertiary/aromatic N) is 2. The van der Waals surface area contributed by atoms with E-state index < -0.39 is 0 Å². The standard InChI is InChI=1S/C14H11ClN2O/c1-18-13-6-5-10(15)8-11(13)12-9-17-7-3-2-4-14(17)16-12/h2-9H,1H3. The topological polar surface area (TPSA) is 26.5 Å². The van der Waals surface area contributed by atoms with Crippen molar-refractivity contribution < 1.29 is 4.74 Å². The van der Waals surface area contributed by atoms with Gasteiger partial charge in [0.25, 0.3) is 0 Å². The van der Waals surface area contributed by atoms with Crippen LogP contribution in [-0.4, -0.2) is 16.5 Å². The predicted molar refractivity (Wildman–Crippen MR) is 72.2 cm³/mol. The van der Waals surface area contributed by atoms with Crippen LogP contribution in [-0.2, 0) is 0 Å². The molecule has 3 nitrogen and oxygen atoms in total. The minimum Gasteiger partial charge on any atom is -0.496 e. The quantitative estimate of drug-likeness (QED) is 0.701. The van der Waals surface area contributed by atoms with E-state index in [0.717, 1.165) is 22.7 Å². The molecule has 0 unspecified atom stereocenters. The smallest absolute Gasteiger partial charge is 0.137 e. The molecule has 3 aromatic rings. The van der Waals surface area contributed by atoms with Crippen molar-refractivity contribution in [3.05, 3.63) is 53.8 Å². The third kappa shape index (κ3) is 1.83. The van der Waals surface area contributed by atoms with Crippen LogP contribution in [0.5, 0.6) is 5.75 Å². The molecule has 0 saturated carbocycles. The third-order valence-electron chi connectivity index (χ3n) is 2.80. The van der Waals surface area contributed by atoms with Crippen LogP contribution in [0, 0.1) is 0 Å². The molecule has 1 aromatic carbocycles. The summed E-state index contributed by atoms with van der Waals surface area (Å²) in [5.74, 6) is 0.766. The van der Waals surface area contributed by atoms with E-state index in [-0.39, 0.29) is 0 Å². The molecule has 0 bridgehead atoms. The first-order valence-corrected chi connectivity index (χ1v) is 5.93. The molecule has 0 N–H and O–H groups in total. The molecule has 0 aliphatic rings. The van der Waals surface area contributed by atoms with Crippen LogP contribution in [0.25, 0.3) is 16.9 Å². The van der Waals surface area contributed by atoms with Crippen molar-refractivity contribution in [1.29, 1.82) is 0 Å². The van der Waals surface area contributed by atoms with Crippen molar-refractivity contribution in [1.82, 2.24) is 9.38 Å². The molecule has 2 heterocycles. The number of aromatic nitrogens is 2. The number of fused-ring (bicyclic) bond motifs is 1. The summed E-state index contributed by atoms with van der Waals surface area (Å²) in [5, 5.41) is 0.669. The zero-order chi connectivity index (χ0) is 12.5. The van der Waals surface area contributed by atoms with Gasteiger partial charge in [0.1, 0.15) is 11.4 Å². The van der Waals surface area contributed by atoms with E-state index >= 15 is 0 Å². The molecule has 4 heteroatoms. The first kappa shape index (κ1) is 11.1. The largest absolute Gasteiger partial charge is 0.496 e. The number of pyridine rings is 1. The number of rotatable bonds is 2. The molecular formula is C14H11ClN2O. The molecule has 2 aromatic heterocycles. The number of imidazole rings is 1. The van der Waals surface area contributed by atoms with Crippen molar-refractivity contribution in [3.8, 4) is 17.0 Å². The van der Waals surface area contributed by atoms with Gasteiger partial charge in [0.05, 0.1) is 12.8 Å². The molecule has 0 aliphatic heterocycles. The third-order valence-corrected chi connectivity index (χ3v) is 3.04. The van der Waals surface area contributed by atoms with Gasteiger partial charge in [-0.1, -0.05) is 17.7 Å². The number of hydrogen-bond acceptors (Lipinski definition) is 2. The highest BCUT2D eigenvalue weighted by Gasteiger charge is 2.10. The van der Waals surface area contributed by atoms with Crippen LogP contribution in [0.2, 0.25) is 5.02 Å². The van der Waals surface area contributed by atoms with Gasteiger partial charge in [-0.25, -0.2) is 4.98 Å². The number of benzene rings is 1. The fraction of sp³-hybridized carbons (Fsp3) is 0.0714. The maximum absolute atomic E-state index is 6.03. The fourth-order valence-corrected chi connectivity index (χ4v) is 2.12. The first-order chi connectivity index (χ1) is 8.78. The minimum atomic E-state index is 0.669. The van der Waals surface area contributed by atoms with Gasteiger partial charge < -0.3 is 9.14 Å². The summed E-state index contributed by atoms with van der Waals surface area (Å²) in [6.07, 6.45) is 3.92. The number of halogens is 1. The Kier molecular flexibility index (Phi) is 2.68. The van der Waals surface area contributed by atoms with Gasteiger partial charge in [-0.05, 0) is 30.3 Å². The Labute approximate surface area is 110 Å². The summed E-state index contributed by atoms with van der Waals surface area (Å²) in [4.78, 5) is 4.56. The molecule has 0 spiro atoms. The molecule has 0 amide bonds. The van der Waals surface area contributed by atoms with Crippen molar-refractivity contribution in [3.63, 3.8) is 0 Å². The lowest BCUT2D eigenvalue weighted by Gasteiger charge is -2.05. The summed E-state index contributed by atoms with van der Waals surface area (Å²) in [6.45, 7) is 0. The van der Waals surface area contributed by atoms with Gasteiger partial charge in [0, 0.05) is 23.0 Å². The molecule has 3 rings (SSSR count). The highest BCUT2D eigenvalue weighted by Crippen LogP contribution is 2.31.